The van der Waals surface area contributed by atoms with E-state index in [1.54, 1.807) is 30.7 Å². The smallest absolute Gasteiger partial charge is 0.219 e. The summed E-state index contributed by atoms with van der Waals surface area (Å²) >= 11 is 11.4. The van der Waals surface area contributed by atoms with Crippen molar-refractivity contribution >= 4 is 30.0 Å². The molecule has 4 aromatic rings. The molecule has 0 spiro atoms. The minimum absolute atomic E-state index is 0.289. The molecule has 3 heterocycles. The minimum atomic E-state index is 0.289. The predicted molar refractivity (Wildman–Crippen MR) is 112 cm³/mol. The van der Waals surface area contributed by atoms with Crippen LogP contribution in [0.25, 0.3) is 11.6 Å². The molecule has 0 amide bonds. The van der Waals surface area contributed by atoms with Crippen molar-refractivity contribution in [3.63, 3.8) is 0 Å². The zero-order valence-electron chi connectivity index (χ0n) is 15.7. The summed E-state index contributed by atoms with van der Waals surface area (Å²) < 4.78 is 18.7. The second kappa shape index (κ2) is 8.10. The SMILES string of the molecule is Cc1cc(OCc2ccc(/C=N\n3c(-c4ccco4)n[nH]c3=S)o2)cc(C)c1Cl. The number of H-pyrrole nitrogens is 1. The van der Waals surface area contributed by atoms with Crippen molar-refractivity contribution in [3.8, 4) is 17.3 Å². The summed E-state index contributed by atoms with van der Waals surface area (Å²) in [5.74, 6) is 2.99. The highest BCUT2D eigenvalue weighted by molar-refractivity contribution is 7.71. The summed E-state index contributed by atoms with van der Waals surface area (Å²) in [6.07, 6.45) is 3.11. The number of halogens is 1. The molecule has 0 saturated carbocycles. The van der Waals surface area contributed by atoms with E-state index in [-0.39, 0.29) is 6.61 Å². The van der Waals surface area contributed by atoms with Crippen molar-refractivity contribution < 1.29 is 13.6 Å². The van der Waals surface area contributed by atoms with E-state index in [0.29, 0.717) is 27.9 Å². The van der Waals surface area contributed by atoms with Crippen LogP contribution in [-0.4, -0.2) is 21.1 Å². The van der Waals surface area contributed by atoms with Crippen molar-refractivity contribution in [1.82, 2.24) is 14.9 Å². The highest BCUT2D eigenvalue weighted by Crippen LogP contribution is 2.26. The van der Waals surface area contributed by atoms with Gasteiger partial charge in [0, 0.05) is 5.02 Å². The first kappa shape index (κ1) is 19.2. The molecule has 3 aromatic heterocycles. The van der Waals surface area contributed by atoms with Crippen LogP contribution in [0.4, 0.5) is 0 Å². The lowest BCUT2D eigenvalue weighted by Crippen LogP contribution is -1.95. The number of furan rings is 2. The van der Waals surface area contributed by atoms with Gasteiger partial charge in [-0.1, -0.05) is 11.6 Å². The van der Waals surface area contributed by atoms with Gasteiger partial charge in [0.1, 0.15) is 23.9 Å². The first-order valence-corrected chi connectivity index (χ1v) is 9.54. The lowest BCUT2D eigenvalue weighted by atomic mass is 10.1. The van der Waals surface area contributed by atoms with Crippen LogP contribution in [0.1, 0.15) is 22.6 Å². The molecule has 1 N–H and O–H groups in total. The molecule has 0 unspecified atom stereocenters. The number of aromatic nitrogens is 3. The summed E-state index contributed by atoms with van der Waals surface area (Å²) in [4.78, 5) is 0. The Morgan fingerprint density at radius 1 is 1.28 bits per heavy atom. The van der Waals surface area contributed by atoms with Crippen LogP contribution >= 0.6 is 23.8 Å². The minimum Gasteiger partial charge on any atom is -0.486 e. The number of hydrogen-bond acceptors (Lipinski definition) is 6. The fourth-order valence-electron chi connectivity index (χ4n) is 2.76. The quantitative estimate of drug-likeness (QED) is 0.322. The maximum atomic E-state index is 6.19. The number of aryl methyl sites for hydroxylation is 2. The first-order chi connectivity index (χ1) is 14.0. The predicted octanol–water partition coefficient (Wildman–Crippen LogP) is 5.53. The first-order valence-electron chi connectivity index (χ1n) is 8.75. The Morgan fingerprint density at radius 3 is 2.79 bits per heavy atom. The van der Waals surface area contributed by atoms with E-state index < -0.39 is 0 Å². The number of aromatic amines is 1. The average molecular weight is 429 g/mol. The largest absolute Gasteiger partial charge is 0.486 e. The van der Waals surface area contributed by atoms with Gasteiger partial charge in [-0.05, 0) is 73.6 Å². The maximum absolute atomic E-state index is 6.19. The van der Waals surface area contributed by atoms with Crippen LogP contribution in [-0.2, 0) is 6.61 Å². The number of nitrogens with one attached hydrogen (secondary N) is 1. The van der Waals surface area contributed by atoms with Crippen molar-refractivity contribution in [2.75, 3.05) is 0 Å². The monoisotopic (exact) mass is 428 g/mol. The van der Waals surface area contributed by atoms with Gasteiger partial charge in [-0.25, -0.2) is 5.10 Å². The van der Waals surface area contributed by atoms with E-state index in [1.807, 2.05) is 32.0 Å². The lowest BCUT2D eigenvalue weighted by molar-refractivity contribution is 0.269. The highest BCUT2D eigenvalue weighted by atomic mass is 35.5. The molecule has 0 aliphatic rings. The van der Waals surface area contributed by atoms with Crippen LogP contribution in [0.15, 0.2) is 56.6 Å². The summed E-state index contributed by atoms with van der Waals surface area (Å²) in [6, 6.07) is 11.0. The third kappa shape index (κ3) is 4.18. The molecule has 0 atom stereocenters. The molecule has 148 valence electrons. The van der Waals surface area contributed by atoms with Gasteiger partial charge in [0.05, 0.1) is 12.5 Å². The summed E-state index contributed by atoms with van der Waals surface area (Å²) in [5, 5.41) is 11.9. The van der Waals surface area contributed by atoms with Gasteiger partial charge in [-0.2, -0.15) is 9.78 Å². The van der Waals surface area contributed by atoms with E-state index in [2.05, 4.69) is 15.3 Å². The maximum Gasteiger partial charge on any atom is 0.219 e. The van der Waals surface area contributed by atoms with Gasteiger partial charge in [0.15, 0.2) is 5.76 Å². The molecule has 1 aromatic carbocycles. The van der Waals surface area contributed by atoms with Gasteiger partial charge < -0.3 is 13.6 Å². The van der Waals surface area contributed by atoms with Crippen LogP contribution in [0.3, 0.4) is 0 Å². The zero-order chi connectivity index (χ0) is 20.4. The van der Waals surface area contributed by atoms with Crippen molar-refractivity contribution in [2.24, 2.45) is 5.10 Å². The van der Waals surface area contributed by atoms with Crippen molar-refractivity contribution in [2.45, 2.75) is 20.5 Å². The third-order valence-corrected chi connectivity index (χ3v) is 5.03. The molecule has 29 heavy (non-hydrogen) atoms. The zero-order valence-corrected chi connectivity index (χ0v) is 17.3. The molecule has 7 nitrogen and oxygen atoms in total. The second-order valence-corrected chi connectivity index (χ2v) is 7.11. The Labute approximate surface area is 176 Å². The molecule has 0 bridgehead atoms. The van der Waals surface area contributed by atoms with Gasteiger partial charge in [0.2, 0.25) is 10.6 Å². The van der Waals surface area contributed by atoms with E-state index in [9.17, 15) is 0 Å². The third-order valence-electron chi connectivity index (χ3n) is 4.17. The van der Waals surface area contributed by atoms with Gasteiger partial charge >= 0.3 is 0 Å². The Balaban J connectivity index is 1.47. The summed E-state index contributed by atoms with van der Waals surface area (Å²) in [7, 11) is 0. The molecule has 0 aliphatic carbocycles. The van der Waals surface area contributed by atoms with Gasteiger partial charge in [0.25, 0.3) is 0 Å². The standard InChI is InChI=1S/C20H17ClN4O3S/c1-12-8-16(9-13(2)18(12)21)27-11-15-6-5-14(28-15)10-22-25-19(23-24-20(25)29)17-4-3-7-26-17/h3-10H,11H2,1-2H3,(H,24,29)/b22-10-. The van der Waals surface area contributed by atoms with Crippen LogP contribution in [0.2, 0.25) is 5.02 Å². The van der Waals surface area contributed by atoms with Gasteiger partial charge in [-0.15, -0.1) is 5.10 Å². The van der Waals surface area contributed by atoms with E-state index in [0.717, 1.165) is 21.9 Å². The number of hydrogen-bond donors (Lipinski definition) is 1. The Kier molecular flexibility index (Phi) is 5.37. The molecular formula is C20H17ClN4O3S. The van der Waals surface area contributed by atoms with Gasteiger partial charge in [-0.3, -0.25) is 0 Å². The number of benzene rings is 1. The van der Waals surface area contributed by atoms with Crippen LogP contribution < -0.4 is 4.74 Å². The fraction of sp³-hybridized carbons (Fsp3) is 0.150. The molecule has 0 radical (unpaired) electrons. The van der Waals surface area contributed by atoms with Crippen LogP contribution in [0, 0.1) is 18.6 Å². The van der Waals surface area contributed by atoms with E-state index in [1.165, 1.54) is 4.68 Å². The normalized spacial score (nSPS) is 11.4. The average Bonchev–Trinajstić information content (AvgIpc) is 3.44. The number of ether oxygens (including phenoxy) is 1. The molecule has 0 saturated heterocycles. The van der Waals surface area contributed by atoms with E-state index >= 15 is 0 Å². The molecule has 0 fully saturated rings. The van der Waals surface area contributed by atoms with Crippen LogP contribution in [0.5, 0.6) is 5.75 Å². The number of nitrogens with zero attached hydrogens (tertiary/aromatic N) is 3. The highest BCUT2D eigenvalue weighted by Gasteiger charge is 2.11. The summed E-state index contributed by atoms with van der Waals surface area (Å²) in [6.45, 7) is 4.18. The lowest BCUT2D eigenvalue weighted by Gasteiger charge is -2.08. The summed E-state index contributed by atoms with van der Waals surface area (Å²) in [5.41, 5.74) is 1.94. The Bertz CT molecular complexity index is 1200. The Morgan fingerprint density at radius 2 is 2.07 bits per heavy atom. The number of rotatable bonds is 6. The van der Waals surface area contributed by atoms with E-state index in [4.69, 9.17) is 37.4 Å². The molecular weight excluding hydrogens is 412 g/mol. The fourth-order valence-corrected chi connectivity index (χ4v) is 3.05. The van der Waals surface area contributed by atoms with Crippen molar-refractivity contribution in [1.29, 1.82) is 0 Å². The second-order valence-electron chi connectivity index (χ2n) is 6.35. The topological polar surface area (TPSA) is 81.5 Å². The Hall–Kier alpha value is -3.10. The molecule has 0 aliphatic heterocycles. The molecule has 4 rings (SSSR count). The molecule has 9 heteroatoms. The van der Waals surface area contributed by atoms with Crippen molar-refractivity contribution in [3.05, 3.63) is 75.1 Å².